The molecular weight excluding hydrogens is 242 g/mol. The van der Waals surface area contributed by atoms with E-state index < -0.39 is 0 Å². The number of ether oxygens (including phenoxy) is 1. The normalized spacial score (nSPS) is 11.6. The van der Waals surface area contributed by atoms with E-state index in [1.807, 2.05) is 19.1 Å². The minimum absolute atomic E-state index is 0.0425. The summed E-state index contributed by atoms with van der Waals surface area (Å²) in [6.45, 7) is 8.86. The Morgan fingerprint density at radius 2 is 2.11 bits per heavy atom. The smallest absolute Gasteiger partial charge is 0.399 e. The lowest BCUT2D eigenvalue weighted by Crippen LogP contribution is -2.35. The lowest BCUT2D eigenvalue weighted by molar-refractivity contribution is 0.329. The largest absolute Gasteiger partial charge is 0.417 e. The zero-order chi connectivity index (χ0) is 13.9. The van der Waals surface area contributed by atoms with Crippen LogP contribution in [0.1, 0.15) is 32.2 Å². The van der Waals surface area contributed by atoms with Crippen molar-refractivity contribution in [3.05, 3.63) is 36.0 Å². The summed E-state index contributed by atoms with van der Waals surface area (Å²) >= 11 is 0. The van der Waals surface area contributed by atoms with Crippen LogP contribution in [-0.2, 0) is 6.54 Å². The van der Waals surface area contributed by atoms with Crippen molar-refractivity contribution in [2.24, 2.45) is 0 Å². The zero-order valence-corrected chi connectivity index (χ0v) is 11.7. The first-order valence-corrected chi connectivity index (χ1v) is 6.22. The topological polar surface area (TPSA) is 60.2 Å². The molecule has 0 aliphatic carbocycles. The Kier molecular flexibility index (Phi) is 3.85. The number of nitrogens with one attached hydrogen (secondary N) is 1. The van der Waals surface area contributed by atoms with Crippen molar-refractivity contribution in [3.63, 3.8) is 0 Å². The molecular formula is C14H19N3O2. The number of pyridine rings is 1. The zero-order valence-electron chi connectivity index (χ0n) is 11.7. The van der Waals surface area contributed by atoms with Crippen molar-refractivity contribution in [2.45, 2.75) is 39.8 Å². The van der Waals surface area contributed by atoms with Gasteiger partial charge >= 0.3 is 6.08 Å². The Hall–Kier alpha value is -1.88. The van der Waals surface area contributed by atoms with E-state index in [9.17, 15) is 0 Å². The molecule has 0 unspecified atom stereocenters. The molecule has 0 fully saturated rings. The average molecular weight is 261 g/mol. The van der Waals surface area contributed by atoms with E-state index in [0.29, 0.717) is 12.3 Å². The molecule has 0 aromatic carbocycles. The van der Waals surface area contributed by atoms with Crippen molar-refractivity contribution in [2.75, 3.05) is 0 Å². The van der Waals surface area contributed by atoms with Gasteiger partial charge in [-0.3, -0.25) is 4.98 Å². The third kappa shape index (κ3) is 4.37. The van der Waals surface area contributed by atoms with Gasteiger partial charge in [-0.05, 0) is 39.8 Å². The predicted molar refractivity (Wildman–Crippen MR) is 72.1 cm³/mol. The molecule has 0 saturated carbocycles. The SMILES string of the molecule is Cc1ccc(Oc2nc(CNC(C)(C)C)co2)cn1. The van der Waals surface area contributed by atoms with Gasteiger partial charge in [0.2, 0.25) is 0 Å². The molecule has 102 valence electrons. The number of aromatic nitrogens is 2. The lowest BCUT2D eigenvalue weighted by Gasteiger charge is -2.19. The van der Waals surface area contributed by atoms with Crippen LogP contribution in [0.25, 0.3) is 0 Å². The van der Waals surface area contributed by atoms with Gasteiger partial charge in [0.15, 0.2) is 5.75 Å². The molecule has 2 rings (SSSR count). The highest BCUT2D eigenvalue weighted by atomic mass is 16.6. The first-order chi connectivity index (χ1) is 8.92. The van der Waals surface area contributed by atoms with Gasteiger partial charge < -0.3 is 14.5 Å². The summed E-state index contributed by atoms with van der Waals surface area (Å²) < 4.78 is 10.7. The minimum Gasteiger partial charge on any atom is -0.417 e. The van der Waals surface area contributed by atoms with Crippen LogP contribution in [-0.4, -0.2) is 15.5 Å². The Labute approximate surface area is 113 Å². The Balaban J connectivity index is 1.95. The second-order valence-electron chi connectivity index (χ2n) is 5.45. The van der Waals surface area contributed by atoms with Gasteiger partial charge in [0.05, 0.1) is 11.9 Å². The summed E-state index contributed by atoms with van der Waals surface area (Å²) in [4.78, 5) is 8.40. The predicted octanol–water partition coefficient (Wildman–Crippen LogP) is 3.06. The highest BCUT2D eigenvalue weighted by Gasteiger charge is 2.11. The molecule has 0 aliphatic rings. The quantitative estimate of drug-likeness (QED) is 0.916. The second kappa shape index (κ2) is 5.40. The van der Waals surface area contributed by atoms with E-state index in [1.54, 1.807) is 12.5 Å². The summed E-state index contributed by atoms with van der Waals surface area (Å²) in [5.41, 5.74) is 1.79. The number of aryl methyl sites for hydroxylation is 1. The van der Waals surface area contributed by atoms with Crippen molar-refractivity contribution < 1.29 is 9.15 Å². The van der Waals surface area contributed by atoms with Gasteiger partial charge in [0.25, 0.3) is 0 Å². The maximum Gasteiger partial charge on any atom is 0.399 e. The molecule has 0 radical (unpaired) electrons. The van der Waals surface area contributed by atoms with Gasteiger partial charge in [-0.1, -0.05) is 0 Å². The third-order valence-corrected chi connectivity index (χ3v) is 2.42. The van der Waals surface area contributed by atoms with Crippen LogP contribution < -0.4 is 10.1 Å². The number of rotatable bonds is 4. The molecule has 0 amide bonds. The third-order valence-electron chi connectivity index (χ3n) is 2.42. The van der Waals surface area contributed by atoms with E-state index in [-0.39, 0.29) is 11.6 Å². The average Bonchev–Trinajstić information content (AvgIpc) is 2.77. The molecule has 1 N–H and O–H groups in total. The Bertz CT molecular complexity index is 526. The van der Waals surface area contributed by atoms with Crippen molar-refractivity contribution in [3.8, 4) is 11.8 Å². The lowest BCUT2D eigenvalue weighted by atomic mass is 10.1. The summed E-state index contributed by atoms with van der Waals surface area (Å²) in [6, 6.07) is 3.71. The monoisotopic (exact) mass is 261 g/mol. The van der Waals surface area contributed by atoms with Crippen LogP contribution in [0.3, 0.4) is 0 Å². The van der Waals surface area contributed by atoms with E-state index >= 15 is 0 Å². The fraction of sp³-hybridized carbons (Fsp3) is 0.429. The van der Waals surface area contributed by atoms with Crippen molar-refractivity contribution >= 4 is 0 Å². The van der Waals surface area contributed by atoms with Gasteiger partial charge in [-0.25, -0.2) is 0 Å². The van der Waals surface area contributed by atoms with Gasteiger partial charge in [0, 0.05) is 17.8 Å². The molecule has 2 aromatic heterocycles. The van der Waals surface area contributed by atoms with Crippen molar-refractivity contribution in [1.29, 1.82) is 0 Å². The van der Waals surface area contributed by atoms with Gasteiger partial charge in [-0.2, -0.15) is 4.98 Å². The van der Waals surface area contributed by atoms with Gasteiger partial charge in [-0.15, -0.1) is 0 Å². The van der Waals surface area contributed by atoms with Gasteiger partial charge in [0.1, 0.15) is 6.26 Å². The molecule has 0 atom stereocenters. The molecule has 0 spiro atoms. The van der Waals surface area contributed by atoms with E-state index in [2.05, 4.69) is 36.1 Å². The second-order valence-corrected chi connectivity index (χ2v) is 5.45. The highest BCUT2D eigenvalue weighted by molar-refractivity contribution is 5.22. The molecule has 2 aromatic rings. The molecule has 2 heterocycles. The molecule has 5 heteroatoms. The Morgan fingerprint density at radius 3 is 2.74 bits per heavy atom. The standard InChI is InChI=1S/C14H19N3O2/c1-10-5-6-12(8-15-10)19-13-17-11(9-18-13)7-16-14(2,3)4/h5-6,8-9,16H,7H2,1-4H3. The number of oxazole rings is 1. The van der Waals surface area contributed by atoms with E-state index in [1.165, 1.54) is 0 Å². The number of nitrogens with zero attached hydrogens (tertiary/aromatic N) is 2. The van der Waals surface area contributed by atoms with E-state index in [4.69, 9.17) is 9.15 Å². The number of hydrogen-bond acceptors (Lipinski definition) is 5. The van der Waals surface area contributed by atoms with Crippen LogP contribution >= 0.6 is 0 Å². The van der Waals surface area contributed by atoms with E-state index in [0.717, 1.165) is 11.4 Å². The summed E-state index contributed by atoms with van der Waals surface area (Å²) in [6.07, 6.45) is 3.47. The van der Waals surface area contributed by atoms with Crippen LogP contribution in [0, 0.1) is 6.92 Å². The van der Waals surface area contributed by atoms with Crippen LogP contribution in [0.5, 0.6) is 11.8 Å². The number of hydrogen-bond donors (Lipinski definition) is 1. The fourth-order valence-electron chi connectivity index (χ4n) is 1.39. The maximum atomic E-state index is 5.48. The molecule has 19 heavy (non-hydrogen) atoms. The van der Waals surface area contributed by atoms with Crippen molar-refractivity contribution in [1.82, 2.24) is 15.3 Å². The maximum absolute atomic E-state index is 5.48. The molecule has 0 saturated heterocycles. The first-order valence-electron chi connectivity index (χ1n) is 6.22. The summed E-state index contributed by atoms with van der Waals surface area (Å²) in [5.74, 6) is 0.614. The van der Waals surface area contributed by atoms with Crippen LogP contribution in [0.15, 0.2) is 29.0 Å². The summed E-state index contributed by atoms with van der Waals surface area (Å²) in [5, 5.41) is 3.33. The molecule has 0 bridgehead atoms. The molecule has 0 aliphatic heterocycles. The fourth-order valence-corrected chi connectivity index (χ4v) is 1.39. The first kappa shape index (κ1) is 13.5. The van der Waals surface area contributed by atoms with Crippen LogP contribution in [0.2, 0.25) is 0 Å². The minimum atomic E-state index is 0.0425. The summed E-state index contributed by atoms with van der Waals surface area (Å²) in [7, 11) is 0. The highest BCUT2D eigenvalue weighted by Crippen LogP contribution is 2.19. The Morgan fingerprint density at radius 1 is 1.32 bits per heavy atom. The molecule has 5 nitrogen and oxygen atoms in total. The van der Waals surface area contributed by atoms with Crippen LogP contribution in [0.4, 0.5) is 0 Å².